The molecule has 0 unspecified atom stereocenters. The van der Waals surface area contributed by atoms with Crippen LogP contribution in [0.2, 0.25) is 0 Å². The van der Waals surface area contributed by atoms with Gasteiger partial charge in [-0.3, -0.25) is 14.2 Å². The van der Waals surface area contributed by atoms with Crippen LogP contribution in [0, 0.1) is 0 Å². The second-order valence-electron chi connectivity index (χ2n) is 4.30. The molecule has 3 rings (SSSR count). The Labute approximate surface area is 118 Å². The lowest BCUT2D eigenvalue weighted by atomic mass is 10.3. The van der Waals surface area contributed by atoms with Gasteiger partial charge < -0.3 is 10.3 Å². The zero-order valence-electron chi connectivity index (χ0n) is 10.6. The van der Waals surface area contributed by atoms with Crippen LogP contribution >= 0.6 is 11.8 Å². The Morgan fingerprint density at radius 3 is 3.20 bits per heavy atom. The van der Waals surface area contributed by atoms with Crippen molar-refractivity contribution in [2.75, 3.05) is 12.3 Å². The SMILES string of the molecule is O=C(NCCc1ncc[nH]1)c1cnc2n(c1=O)CCS2. The molecule has 1 aliphatic heterocycles. The number of nitrogens with zero attached hydrogens (tertiary/aromatic N) is 3. The second-order valence-corrected chi connectivity index (χ2v) is 5.36. The number of H-pyrrole nitrogens is 1. The third-order valence-corrected chi connectivity index (χ3v) is 3.97. The average Bonchev–Trinajstić information content (AvgIpc) is 3.09. The molecule has 2 aromatic heterocycles. The quantitative estimate of drug-likeness (QED) is 0.776. The number of thioether (sulfide) groups is 1. The first kappa shape index (κ1) is 12.9. The predicted octanol–water partition coefficient (Wildman–Crippen LogP) is 0.0446. The number of amides is 1. The highest BCUT2D eigenvalue weighted by Crippen LogP contribution is 2.20. The summed E-state index contributed by atoms with van der Waals surface area (Å²) < 4.78 is 1.55. The maximum absolute atomic E-state index is 12.1. The summed E-state index contributed by atoms with van der Waals surface area (Å²) >= 11 is 1.53. The van der Waals surface area contributed by atoms with Crippen molar-refractivity contribution in [1.82, 2.24) is 24.8 Å². The minimum Gasteiger partial charge on any atom is -0.351 e. The van der Waals surface area contributed by atoms with E-state index in [1.165, 1.54) is 18.0 Å². The molecule has 0 aliphatic carbocycles. The molecule has 3 heterocycles. The van der Waals surface area contributed by atoms with Crippen LogP contribution < -0.4 is 10.9 Å². The van der Waals surface area contributed by atoms with Gasteiger partial charge in [0.15, 0.2) is 5.16 Å². The van der Waals surface area contributed by atoms with E-state index >= 15 is 0 Å². The van der Waals surface area contributed by atoms with Crippen molar-refractivity contribution in [3.8, 4) is 0 Å². The van der Waals surface area contributed by atoms with Gasteiger partial charge in [-0.05, 0) is 0 Å². The summed E-state index contributed by atoms with van der Waals surface area (Å²) in [6.45, 7) is 1.03. The summed E-state index contributed by atoms with van der Waals surface area (Å²) in [5.74, 6) is 1.23. The van der Waals surface area contributed by atoms with E-state index in [-0.39, 0.29) is 17.0 Å². The Kier molecular flexibility index (Phi) is 3.55. The van der Waals surface area contributed by atoms with Gasteiger partial charge >= 0.3 is 0 Å². The van der Waals surface area contributed by atoms with Gasteiger partial charge in [0.05, 0.1) is 0 Å². The van der Waals surface area contributed by atoms with Crippen molar-refractivity contribution >= 4 is 17.7 Å². The Bertz CT molecular complexity index is 680. The molecule has 0 spiro atoms. The first-order chi connectivity index (χ1) is 9.75. The number of hydrogen-bond acceptors (Lipinski definition) is 5. The molecule has 0 radical (unpaired) electrons. The molecule has 1 aliphatic rings. The van der Waals surface area contributed by atoms with E-state index in [1.807, 2.05) is 0 Å². The second kappa shape index (κ2) is 5.49. The normalized spacial score (nSPS) is 13.2. The highest BCUT2D eigenvalue weighted by atomic mass is 32.2. The van der Waals surface area contributed by atoms with E-state index in [2.05, 4.69) is 20.3 Å². The smallest absolute Gasteiger partial charge is 0.267 e. The molecule has 104 valence electrons. The van der Waals surface area contributed by atoms with Crippen molar-refractivity contribution < 1.29 is 4.79 Å². The van der Waals surface area contributed by atoms with Crippen LogP contribution in [-0.4, -0.2) is 37.7 Å². The topological polar surface area (TPSA) is 92.7 Å². The summed E-state index contributed by atoms with van der Waals surface area (Å²) in [5, 5.41) is 3.39. The van der Waals surface area contributed by atoms with Crippen LogP contribution in [0.25, 0.3) is 0 Å². The molecule has 0 bridgehead atoms. The van der Waals surface area contributed by atoms with E-state index in [1.54, 1.807) is 17.0 Å². The maximum Gasteiger partial charge on any atom is 0.267 e. The van der Waals surface area contributed by atoms with Crippen LogP contribution in [-0.2, 0) is 13.0 Å². The fraction of sp³-hybridized carbons (Fsp3) is 0.333. The van der Waals surface area contributed by atoms with Crippen LogP contribution in [0.15, 0.2) is 28.5 Å². The molecule has 20 heavy (non-hydrogen) atoms. The molecule has 7 nitrogen and oxygen atoms in total. The zero-order chi connectivity index (χ0) is 13.9. The van der Waals surface area contributed by atoms with Crippen molar-refractivity contribution in [3.05, 3.63) is 40.3 Å². The summed E-state index contributed by atoms with van der Waals surface area (Å²) in [4.78, 5) is 35.3. The van der Waals surface area contributed by atoms with Gasteiger partial charge in [0, 0.05) is 43.9 Å². The fourth-order valence-corrected chi connectivity index (χ4v) is 2.91. The first-order valence-corrected chi connectivity index (χ1v) is 7.23. The Hall–Kier alpha value is -2.09. The van der Waals surface area contributed by atoms with Crippen LogP contribution in [0.1, 0.15) is 16.2 Å². The van der Waals surface area contributed by atoms with Gasteiger partial charge in [-0.15, -0.1) is 0 Å². The number of fused-ring (bicyclic) bond motifs is 1. The fourth-order valence-electron chi connectivity index (χ4n) is 2.00. The van der Waals surface area contributed by atoms with E-state index in [0.29, 0.717) is 24.7 Å². The molecular formula is C12H13N5O2S. The average molecular weight is 291 g/mol. The highest BCUT2D eigenvalue weighted by Gasteiger charge is 2.19. The van der Waals surface area contributed by atoms with Crippen molar-refractivity contribution in [3.63, 3.8) is 0 Å². The number of rotatable bonds is 4. The van der Waals surface area contributed by atoms with E-state index < -0.39 is 0 Å². The zero-order valence-corrected chi connectivity index (χ0v) is 11.4. The molecule has 0 saturated heterocycles. The molecule has 2 aromatic rings. The first-order valence-electron chi connectivity index (χ1n) is 6.25. The maximum atomic E-state index is 12.1. The summed E-state index contributed by atoms with van der Waals surface area (Å²) in [6, 6.07) is 0. The van der Waals surface area contributed by atoms with Crippen molar-refractivity contribution in [1.29, 1.82) is 0 Å². The Morgan fingerprint density at radius 2 is 2.40 bits per heavy atom. The van der Waals surface area contributed by atoms with E-state index in [0.717, 1.165) is 11.6 Å². The largest absolute Gasteiger partial charge is 0.351 e. The third-order valence-electron chi connectivity index (χ3n) is 3.00. The van der Waals surface area contributed by atoms with Crippen LogP contribution in [0.3, 0.4) is 0 Å². The van der Waals surface area contributed by atoms with Crippen LogP contribution in [0.5, 0.6) is 0 Å². The van der Waals surface area contributed by atoms with E-state index in [4.69, 9.17) is 0 Å². The molecule has 0 aromatic carbocycles. The van der Waals surface area contributed by atoms with Gasteiger partial charge in [-0.1, -0.05) is 11.8 Å². The molecule has 1 amide bonds. The molecule has 2 N–H and O–H groups in total. The summed E-state index contributed by atoms with van der Waals surface area (Å²) in [7, 11) is 0. The third kappa shape index (κ3) is 2.46. The van der Waals surface area contributed by atoms with Gasteiger partial charge in [0.2, 0.25) is 0 Å². The van der Waals surface area contributed by atoms with Gasteiger partial charge in [-0.2, -0.15) is 0 Å². The number of hydrogen-bond donors (Lipinski definition) is 2. The Morgan fingerprint density at radius 1 is 1.50 bits per heavy atom. The number of imidazole rings is 1. The number of nitrogens with one attached hydrogen (secondary N) is 2. The lowest BCUT2D eigenvalue weighted by Crippen LogP contribution is -2.34. The molecule has 0 saturated carbocycles. The number of carbonyl (C=O) groups excluding carboxylic acids is 1. The minimum absolute atomic E-state index is 0.0932. The monoisotopic (exact) mass is 291 g/mol. The minimum atomic E-state index is -0.388. The lowest BCUT2D eigenvalue weighted by molar-refractivity contribution is 0.0951. The standard InChI is InChI=1S/C12H13N5O2S/c18-10(15-2-1-9-13-3-4-14-9)8-7-16-12-17(11(8)19)5-6-20-12/h3-4,7H,1-2,5-6H2,(H,13,14)(H,15,18). The van der Waals surface area contributed by atoms with Gasteiger partial charge in [0.1, 0.15) is 11.4 Å². The molecule has 0 fully saturated rings. The van der Waals surface area contributed by atoms with Gasteiger partial charge in [-0.25, -0.2) is 9.97 Å². The van der Waals surface area contributed by atoms with Crippen LogP contribution in [0.4, 0.5) is 0 Å². The Balaban J connectivity index is 1.67. The highest BCUT2D eigenvalue weighted by molar-refractivity contribution is 7.99. The summed E-state index contributed by atoms with van der Waals surface area (Å²) in [5.41, 5.74) is -0.175. The van der Waals surface area contributed by atoms with E-state index in [9.17, 15) is 9.59 Å². The number of aromatic nitrogens is 4. The number of carbonyl (C=O) groups is 1. The molecule has 0 atom stereocenters. The van der Waals surface area contributed by atoms with Crippen molar-refractivity contribution in [2.24, 2.45) is 0 Å². The van der Waals surface area contributed by atoms with Gasteiger partial charge in [0.25, 0.3) is 11.5 Å². The predicted molar refractivity (Wildman–Crippen MR) is 73.8 cm³/mol. The molecular weight excluding hydrogens is 278 g/mol. The number of aromatic amines is 1. The van der Waals surface area contributed by atoms with Crippen molar-refractivity contribution in [2.45, 2.75) is 18.1 Å². The molecule has 8 heteroatoms. The summed E-state index contributed by atoms with van der Waals surface area (Å²) in [6.07, 6.45) is 5.33. The lowest BCUT2D eigenvalue weighted by Gasteiger charge is -2.06.